The molecule has 0 aromatic heterocycles. The van der Waals surface area contributed by atoms with E-state index in [1.165, 1.54) is 6.92 Å². The Balaban J connectivity index is 3.83. The first-order chi connectivity index (χ1) is 4.57. The fourth-order valence-corrected chi connectivity index (χ4v) is 0.765. The van der Waals surface area contributed by atoms with Crippen LogP contribution in [0.25, 0.3) is 0 Å². The molecular weight excluding hydrogens is 153 g/mol. The Morgan fingerprint density at radius 1 is 1.70 bits per heavy atom. The van der Waals surface area contributed by atoms with Gasteiger partial charge in [-0.15, -0.1) is 0 Å². The van der Waals surface area contributed by atoms with E-state index in [1.54, 1.807) is 0 Å². The second-order valence-corrected chi connectivity index (χ2v) is 2.30. The normalized spacial score (nSPS) is 12.6. The van der Waals surface area contributed by atoms with Crippen molar-refractivity contribution in [3.05, 3.63) is 0 Å². The highest BCUT2D eigenvalue weighted by atomic mass is 31.0. The Morgan fingerprint density at radius 3 is 2.30 bits per heavy atom. The molecule has 10 heavy (non-hydrogen) atoms. The topological polar surface area (TPSA) is 66.4 Å². The van der Waals surface area contributed by atoms with Gasteiger partial charge < -0.3 is 5.11 Å². The predicted molar refractivity (Wildman–Crippen MR) is 39.6 cm³/mol. The molecule has 5 heteroatoms. The molecule has 0 aromatic rings. The van der Waals surface area contributed by atoms with E-state index < -0.39 is 12.0 Å². The molecule has 2 N–H and O–H groups in total. The molecule has 0 aliphatic heterocycles. The van der Waals surface area contributed by atoms with Gasteiger partial charge in [0.1, 0.15) is 11.8 Å². The largest absolute Gasteiger partial charge is 0.480 e. The summed E-state index contributed by atoms with van der Waals surface area (Å²) in [4.78, 5) is 20.6. The van der Waals surface area contributed by atoms with Gasteiger partial charge in [-0.25, -0.2) is 0 Å². The second-order valence-electron chi connectivity index (χ2n) is 1.96. The number of carboxylic acid groups (broad SMARTS) is 1. The molecule has 0 saturated heterocycles. The minimum absolute atomic E-state index is 0.0266. The van der Waals surface area contributed by atoms with Crippen molar-refractivity contribution in [3.8, 4) is 0 Å². The van der Waals surface area contributed by atoms with Gasteiger partial charge in [0.2, 0.25) is 0 Å². The molecule has 0 fully saturated rings. The van der Waals surface area contributed by atoms with E-state index in [9.17, 15) is 9.59 Å². The van der Waals surface area contributed by atoms with Crippen LogP contribution in [0, 0.1) is 0 Å². The third-order valence-corrected chi connectivity index (χ3v) is 1.39. The van der Waals surface area contributed by atoms with Crippen LogP contribution in [-0.2, 0) is 9.59 Å². The van der Waals surface area contributed by atoms with Gasteiger partial charge in [0.15, 0.2) is 0 Å². The lowest BCUT2D eigenvalue weighted by atomic mass is 10.2. The molecule has 0 aliphatic carbocycles. The summed E-state index contributed by atoms with van der Waals surface area (Å²) in [6, 6.07) is -0.775. The Bertz CT molecular complexity index is 148. The van der Waals surface area contributed by atoms with Gasteiger partial charge in [-0.2, -0.15) is 0 Å². The first-order valence-corrected chi connectivity index (χ1v) is 3.34. The van der Waals surface area contributed by atoms with Gasteiger partial charge in [-0.1, -0.05) is 9.39 Å². The maximum Gasteiger partial charge on any atom is 0.321 e. The molecule has 1 unspecified atom stereocenters. The maximum absolute atomic E-state index is 10.4. The summed E-state index contributed by atoms with van der Waals surface area (Å²) >= 11 is 0. The zero-order valence-electron chi connectivity index (χ0n) is 5.63. The predicted octanol–water partition coefficient (Wildman–Crippen LogP) is -0.202. The SMILES string of the molecule is CC(=O)C[C@H](NP)C(=O)O. The molecule has 58 valence electrons. The van der Waals surface area contributed by atoms with E-state index >= 15 is 0 Å². The van der Waals surface area contributed by atoms with E-state index in [4.69, 9.17) is 5.11 Å². The second kappa shape index (κ2) is 4.36. The van der Waals surface area contributed by atoms with Crippen LogP contribution in [-0.4, -0.2) is 22.9 Å². The number of carbonyl (C=O) groups is 2. The quantitative estimate of drug-likeness (QED) is 0.563. The number of hydrogen-bond donors (Lipinski definition) is 2. The molecule has 0 aromatic carbocycles. The molecule has 0 saturated carbocycles. The van der Waals surface area contributed by atoms with E-state index in [0.29, 0.717) is 0 Å². The van der Waals surface area contributed by atoms with Crippen molar-refractivity contribution < 1.29 is 14.7 Å². The summed E-state index contributed by atoms with van der Waals surface area (Å²) < 4.78 is 0. The monoisotopic (exact) mass is 163 g/mol. The molecule has 2 atom stereocenters. The number of carboxylic acids is 1. The molecule has 0 heterocycles. The lowest BCUT2D eigenvalue weighted by molar-refractivity contribution is -0.140. The van der Waals surface area contributed by atoms with Gasteiger partial charge in [0.05, 0.1) is 0 Å². The van der Waals surface area contributed by atoms with Crippen molar-refractivity contribution in [2.24, 2.45) is 0 Å². The third kappa shape index (κ3) is 3.54. The van der Waals surface area contributed by atoms with Gasteiger partial charge in [-0.3, -0.25) is 14.7 Å². The molecule has 0 rings (SSSR count). The summed E-state index contributed by atoms with van der Waals surface area (Å²) in [6.45, 7) is 1.36. The zero-order valence-corrected chi connectivity index (χ0v) is 6.78. The van der Waals surface area contributed by atoms with Crippen LogP contribution < -0.4 is 5.09 Å². The van der Waals surface area contributed by atoms with Crippen LogP contribution >= 0.6 is 9.39 Å². The minimum Gasteiger partial charge on any atom is -0.480 e. The number of nitrogens with one attached hydrogen (secondary N) is 1. The van der Waals surface area contributed by atoms with Crippen molar-refractivity contribution in [2.45, 2.75) is 19.4 Å². The van der Waals surface area contributed by atoms with Gasteiger partial charge in [0, 0.05) is 6.42 Å². The van der Waals surface area contributed by atoms with Crippen molar-refractivity contribution in [1.29, 1.82) is 0 Å². The van der Waals surface area contributed by atoms with Crippen LogP contribution in [0.5, 0.6) is 0 Å². The molecule has 0 amide bonds. The molecule has 0 aliphatic rings. The number of carbonyl (C=O) groups excluding carboxylic acids is 1. The lowest BCUT2D eigenvalue weighted by Crippen LogP contribution is -2.31. The van der Waals surface area contributed by atoms with E-state index in [0.717, 1.165) is 0 Å². The average molecular weight is 163 g/mol. The summed E-state index contributed by atoms with van der Waals surface area (Å²) in [5.41, 5.74) is 0. The summed E-state index contributed by atoms with van der Waals surface area (Å²) in [6.07, 6.45) is 0.0266. The third-order valence-electron chi connectivity index (χ3n) is 0.991. The standard InChI is InChI=1S/C5H10NO3P/c1-3(7)2-4(6-10)5(8)9/h4,6H,2,10H2,1H3,(H,8,9)/t4-/m0/s1. The molecule has 0 radical (unpaired) electrons. The average Bonchev–Trinajstić information content (AvgIpc) is 1.81. The van der Waals surface area contributed by atoms with Crippen molar-refractivity contribution >= 4 is 21.1 Å². The Morgan fingerprint density at radius 2 is 2.20 bits per heavy atom. The van der Waals surface area contributed by atoms with Crippen LogP contribution in [0.4, 0.5) is 0 Å². The zero-order chi connectivity index (χ0) is 8.15. The van der Waals surface area contributed by atoms with Crippen LogP contribution in [0.1, 0.15) is 13.3 Å². The minimum atomic E-state index is -1.01. The molecule has 0 spiro atoms. The van der Waals surface area contributed by atoms with E-state index in [1.807, 2.05) is 0 Å². The van der Waals surface area contributed by atoms with Crippen molar-refractivity contribution in [2.75, 3.05) is 0 Å². The highest BCUT2D eigenvalue weighted by Gasteiger charge is 2.15. The maximum atomic E-state index is 10.4. The Kier molecular flexibility index (Phi) is 4.16. The van der Waals surface area contributed by atoms with Gasteiger partial charge in [0.25, 0.3) is 0 Å². The molecule has 4 nitrogen and oxygen atoms in total. The highest BCUT2D eigenvalue weighted by molar-refractivity contribution is 7.13. The van der Waals surface area contributed by atoms with Crippen LogP contribution in [0.15, 0.2) is 0 Å². The number of Topliss-reactive ketones (excluding diaryl/α,β-unsaturated/α-hetero) is 1. The number of aliphatic carboxylic acids is 1. The number of rotatable bonds is 4. The van der Waals surface area contributed by atoms with E-state index in [-0.39, 0.29) is 12.2 Å². The molecule has 0 bridgehead atoms. The number of hydrogen-bond acceptors (Lipinski definition) is 3. The Labute approximate surface area is 61.3 Å². The lowest BCUT2D eigenvalue weighted by Gasteiger charge is -2.06. The van der Waals surface area contributed by atoms with Gasteiger partial charge in [-0.05, 0) is 6.92 Å². The summed E-state index contributed by atoms with van der Waals surface area (Å²) in [7, 11) is 2.07. The highest BCUT2D eigenvalue weighted by Crippen LogP contribution is 1.95. The van der Waals surface area contributed by atoms with E-state index in [2.05, 4.69) is 14.5 Å². The van der Waals surface area contributed by atoms with Crippen LogP contribution in [0.2, 0.25) is 0 Å². The summed E-state index contributed by atoms with van der Waals surface area (Å²) in [5, 5.41) is 10.8. The fourth-order valence-electron chi connectivity index (χ4n) is 0.505. The van der Waals surface area contributed by atoms with Crippen LogP contribution in [0.3, 0.4) is 0 Å². The smallest absolute Gasteiger partial charge is 0.321 e. The van der Waals surface area contributed by atoms with Crippen molar-refractivity contribution in [3.63, 3.8) is 0 Å². The van der Waals surface area contributed by atoms with Gasteiger partial charge >= 0.3 is 5.97 Å². The summed E-state index contributed by atoms with van der Waals surface area (Å²) in [5.74, 6) is -1.15. The Hall–Kier alpha value is -0.470. The van der Waals surface area contributed by atoms with Crippen molar-refractivity contribution in [1.82, 2.24) is 5.09 Å². The number of ketones is 1. The first-order valence-electron chi connectivity index (χ1n) is 2.76. The first kappa shape index (κ1) is 9.53. The fraction of sp³-hybridized carbons (Fsp3) is 0.600. The molecular formula is C5H10NO3P.